The minimum atomic E-state index is -3.13. The minimum Gasteiger partial charge on any atom is -0.453 e. The monoisotopic (exact) mass is 558 g/mol. The number of hydrogen-bond acceptors (Lipinski definition) is 7. The molecule has 2 bridgehead atoms. The number of carbonyl (C=O) groups excluding carboxylic acids is 2. The molecule has 11 heteroatoms. The van der Waals surface area contributed by atoms with Gasteiger partial charge in [0, 0.05) is 37.3 Å². The zero-order valence-corrected chi connectivity index (χ0v) is 23.7. The molecule has 10 nitrogen and oxygen atoms in total. The Hall–Kier alpha value is -2.92. The van der Waals surface area contributed by atoms with E-state index in [4.69, 9.17) is 4.74 Å². The third kappa shape index (κ3) is 5.56. The van der Waals surface area contributed by atoms with Gasteiger partial charge in [0.2, 0.25) is 0 Å². The molecule has 0 saturated carbocycles. The average Bonchev–Trinajstić information content (AvgIpc) is 3.37. The third-order valence-electron chi connectivity index (χ3n) is 8.58. The molecule has 3 aliphatic heterocycles. The van der Waals surface area contributed by atoms with E-state index in [9.17, 15) is 22.8 Å². The quantitative estimate of drug-likeness (QED) is 0.555. The Bertz CT molecular complexity index is 1410. The van der Waals surface area contributed by atoms with Gasteiger partial charge in [0.25, 0.3) is 11.5 Å². The maximum absolute atomic E-state index is 13.3. The van der Waals surface area contributed by atoms with Gasteiger partial charge in [0.15, 0.2) is 9.84 Å². The Morgan fingerprint density at radius 1 is 1.13 bits per heavy atom. The molecule has 0 spiro atoms. The van der Waals surface area contributed by atoms with Crippen LogP contribution in [0.2, 0.25) is 0 Å². The molecule has 1 unspecified atom stereocenters. The second-order valence-corrected chi connectivity index (χ2v) is 13.6. The summed E-state index contributed by atoms with van der Waals surface area (Å²) in [5, 5.41) is 4.00. The van der Waals surface area contributed by atoms with Gasteiger partial charge in [-0.15, -0.1) is 0 Å². The van der Waals surface area contributed by atoms with Crippen molar-refractivity contribution in [2.24, 2.45) is 0 Å². The number of para-hydroxylation sites is 1. The van der Waals surface area contributed by atoms with Crippen molar-refractivity contribution in [1.29, 1.82) is 0 Å². The van der Waals surface area contributed by atoms with Gasteiger partial charge in [-0.25, -0.2) is 13.2 Å². The lowest BCUT2D eigenvalue weighted by Crippen LogP contribution is -2.53. The molecule has 0 aliphatic carbocycles. The molecular formula is C28H38N4O6S. The Morgan fingerprint density at radius 3 is 2.44 bits per heavy atom. The number of methoxy groups -OCH3 is 1. The predicted octanol–water partition coefficient (Wildman–Crippen LogP) is 2.56. The summed E-state index contributed by atoms with van der Waals surface area (Å²) in [6.07, 6.45) is 3.49. The Kier molecular flexibility index (Phi) is 7.74. The van der Waals surface area contributed by atoms with Crippen molar-refractivity contribution in [2.45, 2.75) is 76.2 Å². The summed E-state index contributed by atoms with van der Waals surface area (Å²) in [4.78, 5) is 43.1. The van der Waals surface area contributed by atoms with E-state index in [1.54, 1.807) is 15.5 Å². The number of fused-ring (bicyclic) bond motifs is 3. The fourth-order valence-corrected chi connectivity index (χ4v) is 8.50. The molecule has 3 aliphatic rings. The number of aromatic nitrogens is 1. The summed E-state index contributed by atoms with van der Waals surface area (Å²) >= 11 is 0. The first kappa shape index (κ1) is 27.6. The molecule has 3 saturated heterocycles. The molecule has 4 heterocycles. The Labute approximate surface area is 229 Å². The number of pyridine rings is 1. The van der Waals surface area contributed by atoms with Gasteiger partial charge in [0.05, 0.1) is 30.2 Å². The van der Waals surface area contributed by atoms with Gasteiger partial charge in [-0.2, -0.15) is 0 Å². The maximum atomic E-state index is 13.3. The first-order valence-electron chi connectivity index (χ1n) is 13.8. The Morgan fingerprint density at radius 2 is 1.82 bits per heavy atom. The van der Waals surface area contributed by atoms with Crippen molar-refractivity contribution in [3.8, 4) is 0 Å². The van der Waals surface area contributed by atoms with Crippen molar-refractivity contribution in [1.82, 2.24) is 19.7 Å². The van der Waals surface area contributed by atoms with Crippen LogP contribution in [0, 0.1) is 0 Å². The second kappa shape index (κ2) is 10.9. The zero-order valence-electron chi connectivity index (χ0n) is 22.8. The summed E-state index contributed by atoms with van der Waals surface area (Å²) in [6.45, 7) is 4.92. The first-order valence-corrected chi connectivity index (χ1v) is 15.7. The van der Waals surface area contributed by atoms with Crippen LogP contribution in [0.3, 0.4) is 0 Å². The number of hydrogen-bond donors (Lipinski definition) is 1. The van der Waals surface area contributed by atoms with E-state index >= 15 is 0 Å². The SMILES string of the molecule is COC(=O)N(CCN1[C@@H]2CC[C@H]1C[C@H](NC(=O)c1cc3ccccc3n(C(C)C)c1=O)C2)C1CCS(=O)(=O)C1. The minimum absolute atomic E-state index is 0.0175. The van der Waals surface area contributed by atoms with Crippen LogP contribution in [0.5, 0.6) is 0 Å². The highest BCUT2D eigenvalue weighted by Crippen LogP contribution is 2.36. The van der Waals surface area contributed by atoms with Gasteiger partial charge < -0.3 is 19.5 Å². The van der Waals surface area contributed by atoms with Crippen LogP contribution in [0.4, 0.5) is 4.79 Å². The summed E-state index contributed by atoms with van der Waals surface area (Å²) in [7, 11) is -1.80. The van der Waals surface area contributed by atoms with Gasteiger partial charge in [-0.3, -0.25) is 14.5 Å². The van der Waals surface area contributed by atoms with E-state index in [-0.39, 0.29) is 58.7 Å². The van der Waals surface area contributed by atoms with Crippen LogP contribution >= 0.6 is 0 Å². The van der Waals surface area contributed by atoms with Crippen molar-refractivity contribution >= 4 is 32.7 Å². The predicted molar refractivity (Wildman–Crippen MR) is 149 cm³/mol. The van der Waals surface area contributed by atoms with E-state index in [2.05, 4.69) is 10.2 Å². The number of rotatable bonds is 7. The largest absolute Gasteiger partial charge is 0.453 e. The standard InChI is InChI=1S/C28H38N4O6S/c1-18(2)32-25-7-5-4-6-19(25)14-24(27(32)34)26(33)29-20-15-21-8-9-22(16-20)30(21)11-12-31(28(35)38-3)23-10-13-39(36,37)17-23/h4-7,14,18,20-23H,8-13,15-17H2,1-3H3,(H,29,33)/t20-,21-,22+,23?. The van der Waals surface area contributed by atoms with Crippen molar-refractivity contribution in [3.63, 3.8) is 0 Å². The van der Waals surface area contributed by atoms with Crippen LogP contribution in [-0.4, -0.2) is 90.7 Å². The van der Waals surface area contributed by atoms with Crippen LogP contribution in [0.25, 0.3) is 10.9 Å². The number of carbonyl (C=O) groups is 2. The molecule has 0 radical (unpaired) electrons. The van der Waals surface area contributed by atoms with Crippen LogP contribution in [0.1, 0.15) is 62.4 Å². The summed E-state index contributed by atoms with van der Waals surface area (Å²) in [6, 6.07) is 9.34. The van der Waals surface area contributed by atoms with Gasteiger partial charge >= 0.3 is 6.09 Å². The molecule has 212 valence electrons. The molecule has 2 amide bonds. The highest BCUT2D eigenvalue weighted by Gasteiger charge is 2.42. The van der Waals surface area contributed by atoms with Crippen LogP contribution < -0.4 is 10.9 Å². The number of nitrogens with zero attached hydrogens (tertiary/aromatic N) is 3. The number of benzene rings is 1. The lowest BCUT2D eigenvalue weighted by Gasteiger charge is -2.40. The molecule has 3 fully saturated rings. The van der Waals surface area contributed by atoms with Crippen LogP contribution in [-0.2, 0) is 14.6 Å². The smallest absolute Gasteiger partial charge is 0.409 e. The molecule has 39 heavy (non-hydrogen) atoms. The number of amides is 2. The molecule has 2 aromatic rings. The van der Waals surface area contributed by atoms with Gasteiger partial charge in [-0.05, 0) is 63.5 Å². The van der Waals surface area contributed by atoms with E-state index < -0.39 is 15.9 Å². The average molecular weight is 559 g/mol. The van der Waals surface area contributed by atoms with Gasteiger partial charge in [0.1, 0.15) is 5.56 Å². The fourth-order valence-electron chi connectivity index (χ4n) is 6.77. The molecule has 1 aromatic carbocycles. The number of piperidine rings is 1. The van der Waals surface area contributed by atoms with Crippen molar-refractivity contribution < 1.29 is 22.7 Å². The van der Waals surface area contributed by atoms with Crippen molar-refractivity contribution in [2.75, 3.05) is 31.7 Å². The van der Waals surface area contributed by atoms with E-state index in [0.29, 0.717) is 19.5 Å². The lowest BCUT2D eigenvalue weighted by molar-refractivity contribution is 0.0718. The Balaban J connectivity index is 1.25. The topological polar surface area (TPSA) is 118 Å². The zero-order chi connectivity index (χ0) is 27.9. The number of ether oxygens (including phenoxy) is 1. The van der Waals surface area contributed by atoms with Gasteiger partial charge in [-0.1, -0.05) is 18.2 Å². The van der Waals surface area contributed by atoms with E-state index in [0.717, 1.165) is 36.6 Å². The second-order valence-electron chi connectivity index (χ2n) is 11.4. The first-order chi connectivity index (χ1) is 18.6. The summed E-state index contributed by atoms with van der Waals surface area (Å²) in [5.41, 5.74) is 0.701. The summed E-state index contributed by atoms with van der Waals surface area (Å²) in [5.74, 6) is -0.255. The molecule has 5 rings (SSSR count). The number of sulfone groups is 1. The molecular weight excluding hydrogens is 520 g/mol. The van der Waals surface area contributed by atoms with E-state index in [1.807, 2.05) is 38.1 Å². The van der Waals surface area contributed by atoms with Crippen molar-refractivity contribution in [3.05, 3.63) is 46.2 Å². The highest BCUT2D eigenvalue weighted by atomic mass is 32.2. The highest BCUT2D eigenvalue weighted by molar-refractivity contribution is 7.91. The summed E-state index contributed by atoms with van der Waals surface area (Å²) < 4.78 is 30.6. The maximum Gasteiger partial charge on any atom is 0.409 e. The fraction of sp³-hybridized carbons (Fsp3) is 0.607. The third-order valence-corrected chi connectivity index (χ3v) is 10.3. The lowest BCUT2D eigenvalue weighted by atomic mass is 9.96. The van der Waals surface area contributed by atoms with Crippen LogP contribution in [0.15, 0.2) is 35.1 Å². The molecule has 1 aromatic heterocycles. The molecule has 1 N–H and O–H groups in total. The molecule has 4 atom stereocenters. The van der Waals surface area contributed by atoms with E-state index in [1.165, 1.54) is 7.11 Å². The normalized spacial score (nSPS) is 26.2. The number of nitrogens with one attached hydrogen (secondary N) is 1.